The number of H-pyrrole nitrogens is 1. The average molecular weight is 340 g/mol. The van der Waals surface area contributed by atoms with Crippen molar-refractivity contribution in [2.75, 3.05) is 11.9 Å². The molecule has 2 aliphatic rings. The molecule has 0 radical (unpaired) electrons. The minimum atomic E-state index is -0.107. The first-order chi connectivity index (χ1) is 12.1. The monoisotopic (exact) mass is 340 g/mol. The molecule has 0 bridgehead atoms. The summed E-state index contributed by atoms with van der Waals surface area (Å²) < 4.78 is 0. The highest BCUT2D eigenvalue weighted by atomic mass is 16.1. The summed E-state index contributed by atoms with van der Waals surface area (Å²) in [6.45, 7) is 2.49. The van der Waals surface area contributed by atoms with E-state index < -0.39 is 0 Å². The van der Waals surface area contributed by atoms with Crippen molar-refractivity contribution in [3.63, 3.8) is 0 Å². The van der Waals surface area contributed by atoms with Crippen molar-refractivity contribution in [3.05, 3.63) is 45.5 Å². The van der Waals surface area contributed by atoms with Gasteiger partial charge in [-0.05, 0) is 32.6 Å². The predicted octanol–water partition coefficient (Wildman–Crippen LogP) is 1.61. The molecule has 0 saturated heterocycles. The van der Waals surface area contributed by atoms with Crippen LogP contribution in [0.5, 0.6) is 0 Å². The van der Waals surface area contributed by atoms with E-state index in [0.717, 1.165) is 35.9 Å². The molecule has 2 heterocycles. The summed E-state index contributed by atoms with van der Waals surface area (Å²) in [4.78, 5) is 28.1. The standard InChI is InChI=1S/C18H24N6O/c1-10-6-17(25)23-15(21-10)4-5-20-16-9-14(12-7-13(19)8-12)22-18(24-16)11-2-3-11/h6,9,11-13H,2-5,7-8,19H2,1H3,(H,20,22,24)(H,21,23,25). The van der Waals surface area contributed by atoms with Gasteiger partial charge in [-0.15, -0.1) is 0 Å². The minimum Gasteiger partial charge on any atom is -0.370 e. The van der Waals surface area contributed by atoms with Gasteiger partial charge >= 0.3 is 0 Å². The van der Waals surface area contributed by atoms with Crippen LogP contribution >= 0.6 is 0 Å². The van der Waals surface area contributed by atoms with Crippen LogP contribution in [0.4, 0.5) is 5.82 Å². The van der Waals surface area contributed by atoms with E-state index in [1.165, 1.54) is 18.9 Å². The molecule has 7 nitrogen and oxygen atoms in total. The molecule has 132 valence electrons. The van der Waals surface area contributed by atoms with Crippen molar-refractivity contribution < 1.29 is 0 Å². The van der Waals surface area contributed by atoms with Crippen LogP contribution in [-0.4, -0.2) is 32.5 Å². The lowest BCUT2D eigenvalue weighted by molar-refractivity contribution is 0.344. The molecular formula is C18H24N6O. The van der Waals surface area contributed by atoms with Gasteiger partial charge in [0.05, 0.1) is 0 Å². The second-order valence-corrected chi connectivity index (χ2v) is 7.25. The van der Waals surface area contributed by atoms with Gasteiger partial charge in [0.2, 0.25) is 0 Å². The zero-order valence-electron chi connectivity index (χ0n) is 14.5. The molecule has 25 heavy (non-hydrogen) atoms. The Kier molecular flexibility index (Phi) is 4.25. The Bertz CT molecular complexity index is 823. The van der Waals surface area contributed by atoms with Crippen molar-refractivity contribution in [3.8, 4) is 0 Å². The maximum Gasteiger partial charge on any atom is 0.251 e. The number of nitrogens with one attached hydrogen (secondary N) is 2. The van der Waals surface area contributed by atoms with E-state index >= 15 is 0 Å². The van der Waals surface area contributed by atoms with Crippen LogP contribution in [-0.2, 0) is 6.42 Å². The summed E-state index contributed by atoms with van der Waals surface area (Å²) in [5.74, 6) is 3.50. The number of nitrogens with zero attached hydrogens (tertiary/aromatic N) is 3. The highest BCUT2D eigenvalue weighted by Gasteiger charge is 2.32. The molecule has 0 aliphatic heterocycles. The predicted molar refractivity (Wildman–Crippen MR) is 95.7 cm³/mol. The Morgan fingerprint density at radius 1 is 1.20 bits per heavy atom. The van der Waals surface area contributed by atoms with E-state index in [4.69, 9.17) is 10.7 Å². The largest absolute Gasteiger partial charge is 0.370 e. The first-order valence-corrected chi connectivity index (χ1v) is 9.02. The molecule has 2 aromatic heterocycles. The second kappa shape index (κ2) is 6.55. The molecule has 4 N–H and O–H groups in total. The Hall–Kier alpha value is -2.28. The Balaban J connectivity index is 1.45. The molecule has 7 heteroatoms. The molecule has 0 aromatic carbocycles. The summed E-state index contributed by atoms with van der Waals surface area (Å²) in [7, 11) is 0. The van der Waals surface area contributed by atoms with Crippen LogP contribution in [0.1, 0.15) is 60.6 Å². The van der Waals surface area contributed by atoms with E-state index in [-0.39, 0.29) is 5.56 Å². The van der Waals surface area contributed by atoms with Gasteiger partial charge in [0.15, 0.2) is 0 Å². The van der Waals surface area contributed by atoms with Crippen molar-refractivity contribution in [2.45, 2.75) is 56.9 Å². The fourth-order valence-corrected chi connectivity index (χ4v) is 3.28. The number of aryl methyl sites for hydroxylation is 1. The third-order valence-electron chi connectivity index (χ3n) is 4.89. The van der Waals surface area contributed by atoms with Gasteiger partial charge < -0.3 is 16.0 Å². The second-order valence-electron chi connectivity index (χ2n) is 7.25. The van der Waals surface area contributed by atoms with Gasteiger partial charge in [-0.1, -0.05) is 0 Å². The van der Waals surface area contributed by atoms with E-state index in [1.807, 2.05) is 6.92 Å². The van der Waals surface area contributed by atoms with E-state index in [1.54, 1.807) is 0 Å². The van der Waals surface area contributed by atoms with Gasteiger partial charge in [0.25, 0.3) is 5.56 Å². The molecule has 2 aliphatic carbocycles. The van der Waals surface area contributed by atoms with Crippen LogP contribution in [0.25, 0.3) is 0 Å². The summed E-state index contributed by atoms with van der Waals surface area (Å²) in [6.07, 6.45) is 5.02. The Morgan fingerprint density at radius 2 is 2.00 bits per heavy atom. The lowest BCUT2D eigenvalue weighted by Crippen LogP contribution is -2.35. The van der Waals surface area contributed by atoms with Crippen molar-refractivity contribution in [1.29, 1.82) is 0 Å². The normalized spacial score (nSPS) is 22.5. The Morgan fingerprint density at radius 3 is 2.68 bits per heavy atom. The molecule has 0 spiro atoms. The number of nitrogens with two attached hydrogens (primary N) is 1. The molecule has 2 saturated carbocycles. The molecular weight excluding hydrogens is 316 g/mol. The topological polar surface area (TPSA) is 110 Å². The lowest BCUT2D eigenvalue weighted by Gasteiger charge is -2.32. The summed E-state index contributed by atoms with van der Waals surface area (Å²) in [6, 6.07) is 3.86. The molecule has 0 amide bonds. The first kappa shape index (κ1) is 16.2. The summed E-state index contributed by atoms with van der Waals surface area (Å²) >= 11 is 0. The summed E-state index contributed by atoms with van der Waals surface area (Å²) in [5.41, 5.74) is 7.67. The third-order valence-corrected chi connectivity index (χ3v) is 4.89. The smallest absolute Gasteiger partial charge is 0.251 e. The van der Waals surface area contributed by atoms with Crippen molar-refractivity contribution in [2.24, 2.45) is 5.73 Å². The van der Waals surface area contributed by atoms with E-state index in [9.17, 15) is 4.79 Å². The Labute approximate surface area is 146 Å². The van der Waals surface area contributed by atoms with E-state index in [2.05, 4.69) is 26.3 Å². The van der Waals surface area contributed by atoms with Crippen molar-refractivity contribution >= 4 is 5.82 Å². The average Bonchev–Trinajstić information content (AvgIpc) is 3.35. The zero-order valence-corrected chi connectivity index (χ0v) is 14.5. The fraction of sp³-hybridized carbons (Fsp3) is 0.556. The number of rotatable bonds is 6. The highest BCUT2D eigenvalue weighted by molar-refractivity contribution is 5.39. The fourth-order valence-electron chi connectivity index (χ4n) is 3.28. The van der Waals surface area contributed by atoms with E-state index in [0.29, 0.717) is 36.7 Å². The number of hydrogen-bond donors (Lipinski definition) is 3. The van der Waals surface area contributed by atoms with Crippen LogP contribution in [0, 0.1) is 6.92 Å². The SMILES string of the molecule is Cc1cc(=O)[nH]c(CCNc2cc(C3CC(N)C3)nc(C3CC3)n2)n1. The number of anilines is 1. The van der Waals surface area contributed by atoms with Gasteiger partial charge in [0.1, 0.15) is 17.5 Å². The van der Waals surface area contributed by atoms with Gasteiger partial charge in [-0.2, -0.15) is 0 Å². The number of aromatic nitrogens is 4. The van der Waals surface area contributed by atoms with Crippen molar-refractivity contribution in [1.82, 2.24) is 19.9 Å². The molecule has 4 rings (SSSR count). The maximum absolute atomic E-state index is 11.5. The van der Waals surface area contributed by atoms with Gasteiger partial charge in [-0.3, -0.25) is 4.79 Å². The van der Waals surface area contributed by atoms with Gasteiger partial charge in [0, 0.05) is 54.4 Å². The lowest BCUT2D eigenvalue weighted by atomic mass is 9.78. The molecule has 2 aromatic rings. The highest BCUT2D eigenvalue weighted by Crippen LogP contribution is 2.41. The summed E-state index contributed by atoms with van der Waals surface area (Å²) in [5, 5.41) is 3.37. The minimum absolute atomic E-state index is 0.107. The van der Waals surface area contributed by atoms with Crippen LogP contribution in [0.2, 0.25) is 0 Å². The molecule has 2 fully saturated rings. The van der Waals surface area contributed by atoms with Crippen LogP contribution < -0.4 is 16.6 Å². The first-order valence-electron chi connectivity index (χ1n) is 9.02. The maximum atomic E-state index is 11.5. The zero-order chi connectivity index (χ0) is 17.4. The molecule has 0 atom stereocenters. The molecule has 0 unspecified atom stereocenters. The quantitative estimate of drug-likeness (QED) is 0.737. The van der Waals surface area contributed by atoms with Gasteiger partial charge in [-0.25, -0.2) is 15.0 Å². The third kappa shape index (κ3) is 3.87. The number of hydrogen-bond acceptors (Lipinski definition) is 6. The van der Waals surface area contributed by atoms with Crippen LogP contribution in [0.15, 0.2) is 16.9 Å². The number of aromatic amines is 1. The van der Waals surface area contributed by atoms with Crippen LogP contribution in [0.3, 0.4) is 0 Å².